The third-order valence-electron chi connectivity index (χ3n) is 2.76. The molecule has 1 aliphatic heterocycles. The number of hydrogen-bond donors (Lipinski definition) is 2. The van der Waals surface area contributed by atoms with Crippen LogP contribution in [0, 0.1) is 0 Å². The Morgan fingerprint density at radius 2 is 2.06 bits per heavy atom. The highest BCUT2D eigenvalue weighted by atomic mass is 16.4. The predicted molar refractivity (Wildman–Crippen MR) is 62.7 cm³/mol. The van der Waals surface area contributed by atoms with Gasteiger partial charge in [0, 0.05) is 24.7 Å². The number of aliphatic carboxylic acids is 1. The van der Waals surface area contributed by atoms with E-state index < -0.39 is 5.97 Å². The van der Waals surface area contributed by atoms with Crippen LogP contribution < -0.4 is 10.6 Å². The molecule has 1 saturated heterocycles. The van der Waals surface area contributed by atoms with Crippen molar-refractivity contribution < 1.29 is 14.7 Å². The summed E-state index contributed by atoms with van der Waals surface area (Å²) in [6, 6.07) is 6.85. The van der Waals surface area contributed by atoms with Crippen molar-refractivity contribution in [3.63, 3.8) is 0 Å². The summed E-state index contributed by atoms with van der Waals surface area (Å²) in [6.45, 7) is 0.525. The summed E-state index contributed by atoms with van der Waals surface area (Å²) in [6.07, 6.45) is 0.366. The number of hydrogen-bond acceptors (Lipinski definition) is 3. The van der Waals surface area contributed by atoms with Gasteiger partial charge in [-0.15, -0.1) is 0 Å². The molecule has 1 unspecified atom stereocenters. The molecule has 0 aromatic heterocycles. The van der Waals surface area contributed by atoms with Crippen LogP contribution in [0.1, 0.15) is 12.0 Å². The van der Waals surface area contributed by atoms with Gasteiger partial charge in [0.1, 0.15) is 0 Å². The SMILES string of the molecule is NC1CC(=O)N(c2ccc(CC(=O)O)cc2)C1. The van der Waals surface area contributed by atoms with Gasteiger partial charge >= 0.3 is 5.97 Å². The van der Waals surface area contributed by atoms with Gasteiger partial charge in [0.25, 0.3) is 0 Å². The lowest BCUT2D eigenvalue weighted by molar-refractivity contribution is -0.136. The zero-order chi connectivity index (χ0) is 12.4. The molecule has 1 aromatic rings. The van der Waals surface area contributed by atoms with Gasteiger partial charge in [-0.2, -0.15) is 0 Å². The molecular formula is C12H14N2O3. The molecule has 5 heteroatoms. The highest BCUT2D eigenvalue weighted by Gasteiger charge is 2.27. The molecule has 1 atom stereocenters. The minimum atomic E-state index is -0.864. The molecular weight excluding hydrogens is 220 g/mol. The van der Waals surface area contributed by atoms with E-state index in [1.54, 1.807) is 29.2 Å². The van der Waals surface area contributed by atoms with Crippen LogP contribution in [0.5, 0.6) is 0 Å². The molecule has 0 radical (unpaired) electrons. The molecule has 2 rings (SSSR count). The quantitative estimate of drug-likeness (QED) is 0.791. The second-order valence-electron chi connectivity index (χ2n) is 4.21. The molecule has 90 valence electrons. The largest absolute Gasteiger partial charge is 0.481 e. The molecule has 5 nitrogen and oxygen atoms in total. The number of benzene rings is 1. The molecule has 0 bridgehead atoms. The number of carboxylic acids is 1. The molecule has 1 fully saturated rings. The number of carboxylic acid groups (broad SMARTS) is 1. The number of carbonyl (C=O) groups excluding carboxylic acids is 1. The van der Waals surface area contributed by atoms with Crippen molar-refractivity contribution in [1.82, 2.24) is 0 Å². The van der Waals surface area contributed by atoms with Gasteiger partial charge in [0.05, 0.1) is 6.42 Å². The molecule has 17 heavy (non-hydrogen) atoms. The second-order valence-corrected chi connectivity index (χ2v) is 4.21. The molecule has 3 N–H and O–H groups in total. The molecule has 1 aromatic carbocycles. The minimum Gasteiger partial charge on any atom is -0.481 e. The van der Waals surface area contributed by atoms with E-state index in [2.05, 4.69) is 0 Å². The first kappa shape index (κ1) is 11.6. The number of rotatable bonds is 3. The number of carbonyl (C=O) groups is 2. The first-order valence-electron chi connectivity index (χ1n) is 5.43. The Bertz CT molecular complexity index is 442. The fraction of sp³-hybridized carbons (Fsp3) is 0.333. The van der Waals surface area contributed by atoms with Crippen molar-refractivity contribution in [3.05, 3.63) is 29.8 Å². The molecule has 0 aliphatic carbocycles. The third-order valence-corrected chi connectivity index (χ3v) is 2.76. The number of anilines is 1. The van der Waals surface area contributed by atoms with Gasteiger partial charge in [0.2, 0.25) is 5.91 Å². The van der Waals surface area contributed by atoms with E-state index in [1.807, 2.05) is 0 Å². The first-order chi connectivity index (χ1) is 8.06. The first-order valence-corrected chi connectivity index (χ1v) is 5.43. The van der Waals surface area contributed by atoms with Crippen LogP contribution in [0.2, 0.25) is 0 Å². The van der Waals surface area contributed by atoms with Gasteiger partial charge in [-0.1, -0.05) is 12.1 Å². The third kappa shape index (κ3) is 2.62. The topological polar surface area (TPSA) is 83.6 Å². The maximum absolute atomic E-state index is 11.6. The summed E-state index contributed by atoms with van der Waals surface area (Å²) in [4.78, 5) is 23.8. The zero-order valence-electron chi connectivity index (χ0n) is 9.30. The van der Waals surface area contributed by atoms with E-state index in [4.69, 9.17) is 10.8 Å². The van der Waals surface area contributed by atoms with E-state index in [9.17, 15) is 9.59 Å². The van der Waals surface area contributed by atoms with Gasteiger partial charge < -0.3 is 15.7 Å². The normalized spacial score (nSPS) is 19.7. The van der Waals surface area contributed by atoms with Crippen LogP contribution >= 0.6 is 0 Å². The Labute approximate surface area is 98.8 Å². The van der Waals surface area contributed by atoms with Crippen molar-refractivity contribution >= 4 is 17.6 Å². The van der Waals surface area contributed by atoms with Crippen molar-refractivity contribution in [2.24, 2.45) is 5.73 Å². The van der Waals surface area contributed by atoms with Crippen molar-refractivity contribution in [3.8, 4) is 0 Å². The van der Waals surface area contributed by atoms with Crippen molar-refractivity contribution in [2.45, 2.75) is 18.9 Å². The summed E-state index contributed by atoms with van der Waals surface area (Å²) >= 11 is 0. The van der Waals surface area contributed by atoms with E-state index >= 15 is 0 Å². The van der Waals surface area contributed by atoms with Crippen LogP contribution in [-0.2, 0) is 16.0 Å². The number of nitrogens with zero attached hydrogens (tertiary/aromatic N) is 1. The Kier molecular flexibility index (Phi) is 3.10. The fourth-order valence-electron chi connectivity index (χ4n) is 1.95. The summed E-state index contributed by atoms with van der Waals surface area (Å²) in [7, 11) is 0. The van der Waals surface area contributed by atoms with E-state index in [0.717, 1.165) is 11.3 Å². The fourth-order valence-corrected chi connectivity index (χ4v) is 1.95. The summed E-state index contributed by atoms with van der Waals surface area (Å²) in [5.74, 6) is -0.847. The highest BCUT2D eigenvalue weighted by molar-refractivity contribution is 5.96. The van der Waals surface area contributed by atoms with Crippen LogP contribution in [0.25, 0.3) is 0 Å². The maximum Gasteiger partial charge on any atom is 0.307 e. The lowest BCUT2D eigenvalue weighted by Crippen LogP contribution is -2.27. The zero-order valence-corrected chi connectivity index (χ0v) is 9.30. The lowest BCUT2D eigenvalue weighted by Gasteiger charge is -2.16. The molecule has 1 amide bonds. The van der Waals surface area contributed by atoms with Gasteiger partial charge in [-0.25, -0.2) is 0 Å². The Hall–Kier alpha value is -1.88. The summed E-state index contributed by atoms with van der Waals surface area (Å²) in [5.41, 5.74) is 7.20. The summed E-state index contributed by atoms with van der Waals surface area (Å²) < 4.78 is 0. The second kappa shape index (κ2) is 4.55. The van der Waals surface area contributed by atoms with Crippen LogP contribution in [0.15, 0.2) is 24.3 Å². The van der Waals surface area contributed by atoms with E-state index in [-0.39, 0.29) is 18.4 Å². The smallest absolute Gasteiger partial charge is 0.307 e. The molecule has 1 heterocycles. The summed E-state index contributed by atoms with van der Waals surface area (Å²) in [5, 5.41) is 8.64. The Morgan fingerprint density at radius 3 is 2.53 bits per heavy atom. The average Bonchev–Trinajstić information content (AvgIpc) is 2.58. The number of nitrogens with two attached hydrogens (primary N) is 1. The van der Waals surface area contributed by atoms with Gasteiger partial charge in [0.15, 0.2) is 0 Å². The predicted octanol–water partition coefficient (Wildman–Crippen LogP) is 0.378. The minimum absolute atomic E-state index is 0.00621. The standard InChI is InChI=1S/C12H14N2O3/c13-9-6-11(15)14(7-9)10-3-1-8(2-4-10)5-12(16)17/h1-4,9H,5-7,13H2,(H,16,17). The molecule has 0 spiro atoms. The van der Waals surface area contributed by atoms with Gasteiger partial charge in [-0.3, -0.25) is 9.59 Å². The van der Waals surface area contributed by atoms with Crippen molar-refractivity contribution in [2.75, 3.05) is 11.4 Å². The Balaban J connectivity index is 2.12. The van der Waals surface area contributed by atoms with Crippen LogP contribution in [-0.4, -0.2) is 29.6 Å². The van der Waals surface area contributed by atoms with Crippen LogP contribution in [0.3, 0.4) is 0 Å². The molecule has 0 saturated carbocycles. The van der Waals surface area contributed by atoms with Gasteiger partial charge in [-0.05, 0) is 17.7 Å². The number of amides is 1. The Morgan fingerprint density at radius 1 is 1.41 bits per heavy atom. The highest BCUT2D eigenvalue weighted by Crippen LogP contribution is 2.21. The lowest BCUT2D eigenvalue weighted by atomic mass is 10.1. The van der Waals surface area contributed by atoms with E-state index in [1.165, 1.54) is 0 Å². The maximum atomic E-state index is 11.6. The van der Waals surface area contributed by atoms with Crippen molar-refractivity contribution in [1.29, 1.82) is 0 Å². The molecule has 1 aliphatic rings. The monoisotopic (exact) mass is 234 g/mol. The average molecular weight is 234 g/mol. The van der Waals surface area contributed by atoms with Crippen LogP contribution in [0.4, 0.5) is 5.69 Å². The van der Waals surface area contributed by atoms with E-state index in [0.29, 0.717) is 13.0 Å².